The second-order valence-corrected chi connectivity index (χ2v) is 5.04. The summed E-state index contributed by atoms with van der Waals surface area (Å²) in [5.41, 5.74) is 5.58. The molecule has 1 unspecified atom stereocenters. The highest BCUT2D eigenvalue weighted by atomic mass is 35.5. The van der Waals surface area contributed by atoms with Crippen molar-refractivity contribution in [1.29, 1.82) is 0 Å². The van der Waals surface area contributed by atoms with E-state index in [4.69, 9.17) is 5.73 Å². The van der Waals surface area contributed by atoms with Gasteiger partial charge in [-0.15, -0.1) is 25.6 Å². The Bertz CT molecular complexity index is 476. The molecule has 126 valence electrons. The molecular formula is C14H20ClF3N2O2. The summed E-state index contributed by atoms with van der Waals surface area (Å²) in [5, 5.41) is 2.66. The van der Waals surface area contributed by atoms with E-state index < -0.39 is 11.9 Å². The molecule has 22 heavy (non-hydrogen) atoms. The Morgan fingerprint density at radius 2 is 1.82 bits per heavy atom. The van der Waals surface area contributed by atoms with Gasteiger partial charge < -0.3 is 15.8 Å². The van der Waals surface area contributed by atoms with Crippen LogP contribution in [-0.4, -0.2) is 17.8 Å². The number of carbonyl (C=O) groups is 1. The lowest BCUT2D eigenvalue weighted by molar-refractivity contribution is -0.274. The first-order valence-corrected chi connectivity index (χ1v) is 6.56. The van der Waals surface area contributed by atoms with Gasteiger partial charge in [-0.05, 0) is 31.0 Å². The summed E-state index contributed by atoms with van der Waals surface area (Å²) in [6, 6.07) is 5.30. The van der Waals surface area contributed by atoms with Crippen LogP contribution in [0.4, 0.5) is 13.2 Å². The Kier molecular flexibility index (Phi) is 7.69. The molecule has 0 heterocycles. The van der Waals surface area contributed by atoms with Crippen LogP contribution >= 0.6 is 12.4 Å². The molecule has 0 aliphatic heterocycles. The third-order valence-electron chi connectivity index (χ3n) is 2.90. The predicted molar refractivity (Wildman–Crippen MR) is 79.7 cm³/mol. The Balaban J connectivity index is 0.00000441. The zero-order valence-electron chi connectivity index (χ0n) is 12.4. The summed E-state index contributed by atoms with van der Waals surface area (Å²) in [7, 11) is 0. The molecule has 0 aliphatic rings. The normalized spacial score (nSPS) is 13.7. The van der Waals surface area contributed by atoms with E-state index in [2.05, 4.69) is 10.1 Å². The summed E-state index contributed by atoms with van der Waals surface area (Å²) < 4.78 is 39.8. The molecule has 1 atom stereocenters. The highest BCUT2D eigenvalue weighted by Crippen LogP contribution is 2.22. The van der Waals surface area contributed by atoms with Crippen LogP contribution in [0, 0.1) is 0 Å². The van der Waals surface area contributed by atoms with Gasteiger partial charge >= 0.3 is 6.36 Å². The maximum atomic E-state index is 12.0. The van der Waals surface area contributed by atoms with Crippen LogP contribution in [-0.2, 0) is 11.3 Å². The van der Waals surface area contributed by atoms with Crippen LogP contribution in [0.1, 0.15) is 32.3 Å². The molecule has 0 fully saturated rings. The molecule has 1 aromatic carbocycles. The minimum atomic E-state index is -4.71. The number of nitrogens with one attached hydrogen (secondary N) is 1. The Labute approximate surface area is 133 Å². The average molecular weight is 341 g/mol. The van der Waals surface area contributed by atoms with E-state index in [-0.39, 0.29) is 30.6 Å². The molecule has 8 heteroatoms. The topological polar surface area (TPSA) is 64.4 Å². The van der Waals surface area contributed by atoms with Crippen LogP contribution in [0.15, 0.2) is 24.3 Å². The Hall–Kier alpha value is -1.47. The zero-order valence-corrected chi connectivity index (χ0v) is 13.2. The molecule has 0 aromatic heterocycles. The molecule has 0 aliphatic carbocycles. The molecule has 0 saturated carbocycles. The quantitative estimate of drug-likeness (QED) is 0.836. The van der Waals surface area contributed by atoms with Gasteiger partial charge in [0, 0.05) is 6.54 Å². The number of amides is 1. The van der Waals surface area contributed by atoms with Crippen molar-refractivity contribution in [2.45, 2.75) is 45.1 Å². The molecule has 3 N–H and O–H groups in total. The second-order valence-electron chi connectivity index (χ2n) is 5.04. The Morgan fingerprint density at radius 3 is 2.27 bits per heavy atom. The van der Waals surface area contributed by atoms with Crippen molar-refractivity contribution in [3.05, 3.63) is 29.8 Å². The van der Waals surface area contributed by atoms with Crippen molar-refractivity contribution in [3.63, 3.8) is 0 Å². The average Bonchev–Trinajstić information content (AvgIpc) is 2.35. The minimum Gasteiger partial charge on any atom is -0.406 e. The van der Waals surface area contributed by atoms with Gasteiger partial charge in [-0.1, -0.05) is 25.5 Å². The van der Waals surface area contributed by atoms with Crippen LogP contribution < -0.4 is 15.8 Å². The summed E-state index contributed by atoms with van der Waals surface area (Å²) >= 11 is 0. The number of halogens is 4. The number of benzene rings is 1. The van der Waals surface area contributed by atoms with Crippen molar-refractivity contribution < 1.29 is 22.7 Å². The summed E-state index contributed by atoms with van der Waals surface area (Å²) in [4.78, 5) is 11.9. The molecule has 0 spiro atoms. The van der Waals surface area contributed by atoms with Crippen LogP contribution in [0.2, 0.25) is 0 Å². The smallest absolute Gasteiger partial charge is 0.406 e. The number of hydrogen-bond donors (Lipinski definition) is 2. The van der Waals surface area contributed by atoms with Gasteiger partial charge in [0.15, 0.2) is 0 Å². The Morgan fingerprint density at radius 1 is 1.27 bits per heavy atom. The van der Waals surface area contributed by atoms with Gasteiger partial charge in [0.25, 0.3) is 0 Å². The zero-order chi connectivity index (χ0) is 16.1. The molecule has 0 radical (unpaired) electrons. The fourth-order valence-electron chi connectivity index (χ4n) is 1.83. The van der Waals surface area contributed by atoms with E-state index in [0.29, 0.717) is 12.0 Å². The molecule has 1 rings (SSSR count). The lowest BCUT2D eigenvalue weighted by Crippen LogP contribution is -2.51. The third kappa shape index (κ3) is 7.00. The second kappa shape index (κ2) is 8.24. The predicted octanol–water partition coefficient (Wildman–Crippen LogP) is 3.14. The van der Waals surface area contributed by atoms with Gasteiger partial charge in [-0.25, -0.2) is 0 Å². The number of rotatable bonds is 6. The molecule has 1 amide bonds. The first kappa shape index (κ1) is 20.5. The van der Waals surface area contributed by atoms with E-state index in [1.54, 1.807) is 6.92 Å². The fraction of sp³-hybridized carbons (Fsp3) is 0.500. The standard InChI is InChI=1S/C14H19F3N2O2.ClH/c1-3-8-13(2,18)12(20)19-9-10-4-6-11(7-5-10)21-14(15,16)17;/h4-7H,3,8-9,18H2,1-2H3,(H,19,20);1H. The number of nitrogens with two attached hydrogens (primary N) is 1. The van der Waals surface area contributed by atoms with Crippen molar-refractivity contribution >= 4 is 18.3 Å². The number of hydrogen-bond acceptors (Lipinski definition) is 3. The molecule has 1 aromatic rings. The van der Waals surface area contributed by atoms with E-state index in [0.717, 1.165) is 6.42 Å². The summed E-state index contributed by atoms with van der Waals surface area (Å²) in [5.74, 6) is -0.591. The largest absolute Gasteiger partial charge is 0.573 e. The van der Waals surface area contributed by atoms with Gasteiger partial charge in [-0.2, -0.15) is 0 Å². The number of alkyl halides is 3. The van der Waals surface area contributed by atoms with Crippen LogP contribution in [0.3, 0.4) is 0 Å². The van der Waals surface area contributed by atoms with Crippen LogP contribution in [0.5, 0.6) is 5.75 Å². The highest BCUT2D eigenvalue weighted by Gasteiger charge is 2.31. The molecule has 4 nitrogen and oxygen atoms in total. The maximum Gasteiger partial charge on any atom is 0.573 e. The molecular weight excluding hydrogens is 321 g/mol. The minimum absolute atomic E-state index is 0. The maximum absolute atomic E-state index is 12.0. The van der Waals surface area contributed by atoms with E-state index in [9.17, 15) is 18.0 Å². The highest BCUT2D eigenvalue weighted by molar-refractivity contribution is 5.85. The van der Waals surface area contributed by atoms with Gasteiger partial charge in [0.1, 0.15) is 5.75 Å². The fourth-order valence-corrected chi connectivity index (χ4v) is 1.83. The van der Waals surface area contributed by atoms with Gasteiger partial charge in [-0.3, -0.25) is 4.79 Å². The SMILES string of the molecule is CCCC(C)(N)C(=O)NCc1ccc(OC(F)(F)F)cc1.Cl. The van der Waals surface area contributed by atoms with Crippen molar-refractivity contribution in [1.82, 2.24) is 5.32 Å². The van der Waals surface area contributed by atoms with Crippen molar-refractivity contribution in [2.75, 3.05) is 0 Å². The van der Waals surface area contributed by atoms with E-state index in [1.165, 1.54) is 24.3 Å². The van der Waals surface area contributed by atoms with Crippen molar-refractivity contribution in [2.24, 2.45) is 5.73 Å². The molecule has 0 bridgehead atoms. The monoisotopic (exact) mass is 340 g/mol. The van der Waals surface area contributed by atoms with Gasteiger partial charge in [0.2, 0.25) is 5.91 Å². The number of carbonyl (C=O) groups excluding carboxylic acids is 1. The first-order valence-electron chi connectivity index (χ1n) is 6.56. The lowest BCUT2D eigenvalue weighted by atomic mass is 9.96. The lowest BCUT2D eigenvalue weighted by Gasteiger charge is -2.22. The summed E-state index contributed by atoms with van der Waals surface area (Å²) in [6.45, 7) is 3.77. The van der Waals surface area contributed by atoms with E-state index in [1.807, 2.05) is 6.92 Å². The van der Waals surface area contributed by atoms with E-state index >= 15 is 0 Å². The van der Waals surface area contributed by atoms with Gasteiger partial charge in [0.05, 0.1) is 5.54 Å². The van der Waals surface area contributed by atoms with Crippen molar-refractivity contribution in [3.8, 4) is 5.75 Å². The third-order valence-corrected chi connectivity index (χ3v) is 2.90. The number of ether oxygens (including phenoxy) is 1. The van der Waals surface area contributed by atoms with Crippen LogP contribution in [0.25, 0.3) is 0 Å². The molecule has 0 saturated heterocycles. The summed E-state index contributed by atoms with van der Waals surface area (Å²) in [6.07, 6.45) is -3.38. The first-order chi connectivity index (χ1) is 9.64.